The highest BCUT2D eigenvalue weighted by Gasteiger charge is 2.28. The first-order chi connectivity index (χ1) is 25.1. The van der Waals surface area contributed by atoms with Crippen molar-refractivity contribution in [3.05, 3.63) is 12.2 Å². The Morgan fingerprint density at radius 1 is 0.577 bits per heavy atom. The molecule has 0 heterocycles. The van der Waals surface area contributed by atoms with Crippen LogP contribution in [0.4, 0.5) is 0 Å². The van der Waals surface area contributed by atoms with E-state index < -0.39 is 51.1 Å². The van der Waals surface area contributed by atoms with Gasteiger partial charge in [-0.25, -0.2) is 4.57 Å². The Balaban J connectivity index is 4.40. The Bertz CT molecular complexity index is 947. The minimum atomic E-state index is -4.71. The predicted octanol–water partition coefficient (Wildman–Crippen LogP) is 10.5. The Morgan fingerprint density at radius 3 is 1.42 bits per heavy atom. The molecule has 12 heteroatoms. The van der Waals surface area contributed by atoms with Crippen molar-refractivity contribution in [2.45, 2.75) is 206 Å². The molecule has 0 rings (SSSR count). The lowest BCUT2D eigenvalue weighted by atomic mass is 10.0. The van der Waals surface area contributed by atoms with Crippen LogP contribution in [0, 0.1) is 0 Å². The molecule has 1 unspecified atom stereocenters. The van der Waals surface area contributed by atoms with E-state index in [4.69, 9.17) is 24.8 Å². The van der Waals surface area contributed by atoms with Crippen molar-refractivity contribution < 1.29 is 47.5 Å². The van der Waals surface area contributed by atoms with E-state index in [9.17, 15) is 23.8 Å². The lowest BCUT2D eigenvalue weighted by Gasteiger charge is -2.20. The Hall–Kier alpha value is -1.78. The van der Waals surface area contributed by atoms with Crippen LogP contribution in [0.15, 0.2) is 12.2 Å². The fourth-order valence-corrected chi connectivity index (χ4v) is 6.48. The largest absolute Gasteiger partial charge is 0.480 e. The summed E-state index contributed by atoms with van der Waals surface area (Å²) in [4.78, 5) is 45.8. The molecule has 306 valence electrons. The van der Waals surface area contributed by atoms with E-state index >= 15 is 0 Å². The molecule has 4 N–H and O–H groups in total. The van der Waals surface area contributed by atoms with Crippen molar-refractivity contribution in [2.75, 3.05) is 19.8 Å². The van der Waals surface area contributed by atoms with Gasteiger partial charge in [0, 0.05) is 12.8 Å². The molecule has 0 spiro atoms. The molecule has 0 fully saturated rings. The minimum Gasteiger partial charge on any atom is -0.480 e. The van der Waals surface area contributed by atoms with Gasteiger partial charge in [-0.05, 0) is 38.5 Å². The van der Waals surface area contributed by atoms with E-state index in [0.717, 1.165) is 44.9 Å². The van der Waals surface area contributed by atoms with Crippen LogP contribution in [-0.2, 0) is 37.5 Å². The number of phosphoric ester groups is 1. The van der Waals surface area contributed by atoms with Gasteiger partial charge in [-0.2, -0.15) is 0 Å². The third-order valence-corrected chi connectivity index (χ3v) is 9.96. The van der Waals surface area contributed by atoms with Gasteiger partial charge in [0.25, 0.3) is 0 Å². The highest BCUT2D eigenvalue weighted by molar-refractivity contribution is 7.47. The third-order valence-electron chi connectivity index (χ3n) is 9.01. The molecular formula is C40H76NO10P. The van der Waals surface area contributed by atoms with Crippen LogP contribution in [0.5, 0.6) is 0 Å². The number of nitrogens with two attached hydrogens (primary N) is 1. The van der Waals surface area contributed by atoms with Gasteiger partial charge in [0.1, 0.15) is 12.6 Å². The number of carboxylic acid groups (broad SMARTS) is 1. The van der Waals surface area contributed by atoms with Gasteiger partial charge >= 0.3 is 25.7 Å². The van der Waals surface area contributed by atoms with Gasteiger partial charge in [0.2, 0.25) is 0 Å². The molecule has 0 saturated carbocycles. The molecule has 0 aromatic carbocycles. The van der Waals surface area contributed by atoms with E-state index in [-0.39, 0.29) is 19.4 Å². The Morgan fingerprint density at radius 2 is 0.962 bits per heavy atom. The number of esters is 2. The van der Waals surface area contributed by atoms with E-state index in [2.05, 4.69) is 30.5 Å². The highest BCUT2D eigenvalue weighted by atomic mass is 31.2. The van der Waals surface area contributed by atoms with Crippen molar-refractivity contribution in [3.63, 3.8) is 0 Å². The van der Waals surface area contributed by atoms with E-state index in [1.165, 1.54) is 109 Å². The SMILES string of the molecule is CCCCCCCCCC/C=C/CCCCCC(=O)O[C@H](COC(=O)CCCCCCCCCCCCCCC)COP(=O)(O)OC[C@H](N)C(=O)O. The minimum absolute atomic E-state index is 0.145. The molecule has 3 atom stereocenters. The summed E-state index contributed by atoms with van der Waals surface area (Å²) in [5.41, 5.74) is 5.32. The molecule has 11 nitrogen and oxygen atoms in total. The van der Waals surface area contributed by atoms with Crippen molar-refractivity contribution >= 4 is 25.7 Å². The lowest BCUT2D eigenvalue weighted by Crippen LogP contribution is -2.34. The van der Waals surface area contributed by atoms with Gasteiger partial charge < -0.3 is 25.2 Å². The van der Waals surface area contributed by atoms with Crippen LogP contribution in [0.1, 0.15) is 194 Å². The van der Waals surface area contributed by atoms with E-state index in [1.54, 1.807) is 0 Å². The molecule has 0 aliphatic heterocycles. The number of ether oxygens (including phenoxy) is 2. The number of aliphatic carboxylic acids is 1. The first kappa shape index (κ1) is 50.2. The number of hydrogen-bond donors (Lipinski definition) is 3. The van der Waals surface area contributed by atoms with Crippen molar-refractivity contribution in [1.29, 1.82) is 0 Å². The van der Waals surface area contributed by atoms with Gasteiger partial charge in [-0.3, -0.25) is 23.4 Å². The molecule has 0 saturated heterocycles. The maximum Gasteiger partial charge on any atom is 0.472 e. The third kappa shape index (κ3) is 35.3. The quantitative estimate of drug-likeness (QED) is 0.0235. The number of carbonyl (C=O) groups is 3. The van der Waals surface area contributed by atoms with Crippen LogP contribution >= 0.6 is 7.82 Å². The second-order valence-corrected chi connectivity index (χ2v) is 15.6. The zero-order valence-corrected chi connectivity index (χ0v) is 33.8. The molecule has 0 radical (unpaired) electrons. The number of hydrogen-bond acceptors (Lipinski definition) is 9. The Kier molecular flexibility index (Phi) is 35.0. The number of carbonyl (C=O) groups excluding carboxylic acids is 2. The second kappa shape index (κ2) is 36.2. The summed E-state index contributed by atoms with van der Waals surface area (Å²) in [6.45, 7) is 2.79. The van der Waals surface area contributed by atoms with Crippen LogP contribution in [0.3, 0.4) is 0 Å². The van der Waals surface area contributed by atoms with Gasteiger partial charge in [-0.1, -0.05) is 154 Å². The smallest absolute Gasteiger partial charge is 0.472 e. The lowest BCUT2D eigenvalue weighted by molar-refractivity contribution is -0.161. The average molecular weight is 762 g/mol. The molecule has 0 bridgehead atoms. The fraction of sp³-hybridized carbons (Fsp3) is 0.875. The summed E-state index contributed by atoms with van der Waals surface area (Å²) >= 11 is 0. The molecule has 52 heavy (non-hydrogen) atoms. The van der Waals surface area contributed by atoms with Gasteiger partial charge in [-0.15, -0.1) is 0 Å². The van der Waals surface area contributed by atoms with Gasteiger partial charge in [0.15, 0.2) is 6.10 Å². The highest BCUT2D eigenvalue weighted by Crippen LogP contribution is 2.43. The summed E-state index contributed by atoms with van der Waals surface area (Å²) in [5.74, 6) is -2.39. The predicted molar refractivity (Wildman–Crippen MR) is 208 cm³/mol. The molecule has 0 aromatic rings. The maximum absolute atomic E-state index is 12.6. The number of rotatable bonds is 39. The Labute approximate surface area is 316 Å². The number of phosphoric acid groups is 1. The zero-order valence-electron chi connectivity index (χ0n) is 32.9. The van der Waals surface area contributed by atoms with Gasteiger partial charge in [0.05, 0.1) is 13.2 Å². The molecule has 0 aliphatic rings. The summed E-state index contributed by atoms with van der Waals surface area (Å²) < 4.78 is 32.6. The van der Waals surface area contributed by atoms with E-state index in [0.29, 0.717) is 12.8 Å². The van der Waals surface area contributed by atoms with E-state index in [1.807, 2.05) is 0 Å². The number of allylic oxidation sites excluding steroid dienone is 2. The first-order valence-electron chi connectivity index (χ1n) is 20.7. The van der Waals surface area contributed by atoms with Crippen LogP contribution in [-0.4, -0.2) is 59.9 Å². The van der Waals surface area contributed by atoms with Crippen LogP contribution in [0.2, 0.25) is 0 Å². The summed E-state index contributed by atoms with van der Waals surface area (Å²) in [5, 5.41) is 8.87. The number of unbranched alkanes of at least 4 members (excludes halogenated alkanes) is 23. The molecule has 0 aliphatic carbocycles. The van der Waals surface area contributed by atoms with Crippen molar-refractivity contribution in [1.82, 2.24) is 0 Å². The monoisotopic (exact) mass is 762 g/mol. The first-order valence-corrected chi connectivity index (χ1v) is 22.2. The maximum atomic E-state index is 12.6. The zero-order chi connectivity index (χ0) is 38.5. The molecule has 0 amide bonds. The summed E-state index contributed by atoms with van der Waals surface area (Å²) in [7, 11) is -4.71. The molecular weight excluding hydrogens is 685 g/mol. The normalized spacial score (nSPS) is 13.9. The van der Waals surface area contributed by atoms with Crippen molar-refractivity contribution in [2.24, 2.45) is 5.73 Å². The van der Waals surface area contributed by atoms with Crippen molar-refractivity contribution in [3.8, 4) is 0 Å². The molecule has 0 aromatic heterocycles. The number of carboxylic acids is 1. The van der Waals surface area contributed by atoms with Crippen LogP contribution < -0.4 is 5.73 Å². The average Bonchev–Trinajstić information content (AvgIpc) is 3.12. The van der Waals surface area contributed by atoms with Crippen LogP contribution in [0.25, 0.3) is 0 Å². The summed E-state index contributed by atoms with van der Waals surface area (Å²) in [6.07, 6.45) is 34.2. The standard InChI is InChI=1S/C40H76NO10P/c1-3-5-7-9-11-13-15-17-18-20-22-24-26-28-30-32-39(43)51-36(34-49-52(46,47)50-35-37(41)40(44)45)33-48-38(42)31-29-27-25-23-21-19-16-14-12-10-8-6-4-2/h20,22,36-37H,3-19,21,23-35,41H2,1-2H3,(H,44,45)(H,46,47)/b22-20+/t36-,37+/m1/s1. The summed E-state index contributed by atoms with van der Waals surface area (Å²) in [6, 6.07) is -1.52. The second-order valence-electron chi connectivity index (χ2n) is 14.1. The fourth-order valence-electron chi connectivity index (χ4n) is 5.71. The topological polar surface area (TPSA) is 172 Å².